The number of nitrogens with two attached hydrogens (primary N) is 1. The van der Waals surface area contributed by atoms with Gasteiger partial charge in [-0.15, -0.1) is 0 Å². The number of benzene rings is 2. The van der Waals surface area contributed by atoms with Crippen molar-refractivity contribution in [1.29, 1.82) is 0 Å². The van der Waals surface area contributed by atoms with Crippen LogP contribution in [0.5, 0.6) is 11.8 Å². The summed E-state index contributed by atoms with van der Waals surface area (Å²) >= 11 is 0. The summed E-state index contributed by atoms with van der Waals surface area (Å²) in [5, 5.41) is 4.51. The van der Waals surface area contributed by atoms with Crippen LogP contribution in [0.3, 0.4) is 0 Å². The van der Waals surface area contributed by atoms with Crippen LogP contribution in [0, 0.1) is 11.6 Å². The molecule has 13 heteroatoms. The Morgan fingerprint density at radius 1 is 0.861 bits per heavy atom. The second-order valence-electron chi connectivity index (χ2n) is 7.24. The minimum Gasteiger partial charge on any atom is -0.424 e. The summed E-state index contributed by atoms with van der Waals surface area (Å²) < 4.78 is 70.8. The Morgan fingerprint density at radius 2 is 1.53 bits per heavy atom. The van der Waals surface area contributed by atoms with E-state index in [-0.39, 0.29) is 23.2 Å². The summed E-state index contributed by atoms with van der Waals surface area (Å²) in [5.41, 5.74) is 5.16. The average Bonchev–Trinajstić information content (AvgIpc) is 2.83. The molecule has 36 heavy (non-hydrogen) atoms. The van der Waals surface area contributed by atoms with E-state index in [9.17, 15) is 26.7 Å². The first-order valence-electron chi connectivity index (χ1n) is 10.0. The van der Waals surface area contributed by atoms with E-state index in [1.165, 1.54) is 18.5 Å². The van der Waals surface area contributed by atoms with E-state index < -0.39 is 29.4 Å². The molecule has 8 nitrogen and oxygen atoms in total. The van der Waals surface area contributed by atoms with Gasteiger partial charge in [-0.25, -0.2) is 28.5 Å². The van der Waals surface area contributed by atoms with Gasteiger partial charge in [0.25, 0.3) is 0 Å². The molecule has 2 aromatic heterocycles. The van der Waals surface area contributed by atoms with Crippen molar-refractivity contribution in [2.75, 3.05) is 16.4 Å². The minimum absolute atomic E-state index is 0.0611. The maximum atomic E-state index is 13.4. The molecule has 4 N–H and O–H groups in total. The van der Waals surface area contributed by atoms with Crippen molar-refractivity contribution in [3.8, 4) is 22.9 Å². The molecule has 0 fully saturated rings. The number of alkyl halides is 3. The van der Waals surface area contributed by atoms with E-state index in [0.717, 1.165) is 12.3 Å². The molecule has 0 aliphatic carbocycles. The highest BCUT2D eigenvalue weighted by Crippen LogP contribution is 2.33. The molecule has 2 aromatic carbocycles. The van der Waals surface area contributed by atoms with E-state index in [4.69, 9.17) is 10.5 Å². The standard InChI is InChI=1S/C23H15F5N6O2/c24-13-7-17(20(29)30-9-13)12-1-4-16(5-2-12)36-22-31-10-15(11-32-22)34-21(35)33-14-3-6-19(25)18(8-14)23(26,27)28/h1-11H,(H2,29,30)(H2,33,34,35). The van der Waals surface area contributed by atoms with Crippen molar-refractivity contribution in [3.05, 3.63) is 84.3 Å². The van der Waals surface area contributed by atoms with E-state index in [2.05, 4.69) is 25.6 Å². The number of rotatable bonds is 5. The topological polar surface area (TPSA) is 115 Å². The number of nitrogens with one attached hydrogen (secondary N) is 2. The molecular formula is C23H15F5N6O2. The SMILES string of the molecule is Nc1ncc(F)cc1-c1ccc(Oc2ncc(NC(=O)Nc3ccc(F)c(C(F)(F)F)c3)cn2)cc1. The van der Waals surface area contributed by atoms with Crippen molar-refractivity contribution in [2.45, 2.75) is 6.18 Å². The first-order chi connectivity index (χ1) is 17.1. The number of hydrogen-bond acceptors (Lipinski definition) is 6. The predicted molar refractivity (Wildman–Crippen MR) is 120 cm³/mol. The van der Waals surface area contributed by atoms with Crippen molar-refractivity contribution < 1.29 is 31.5 Å². The third-order valence-corrected chi connectivity index (χ3v) is 4.68. The zero-order chi connectivity index (χ0) is 25.9. The van der Waals surface area contributed by atoms with Gasteiger partial charge in [0, 0.05) is 11.3 Å². The maximum absolute atomic E-state index is 13.4. The van der Waals surface area contributed by atoms with Crippen molar-refractivity contribution in [3.63, 3.8) is 0 Å². The third kappa shape index (κ3) is 5.81. The largest absolute Gasteiger partial charge is 0.424 e. The lowest BCUT2D eigenvalue weighted by Gasteiger charge is -2.11. The van der Waals surface area contributed by atoms with Crippen LogP contribution in [0.2, 0.25) is 0 Å². The zero-order valence-corrected chi connectivity index (χ0v) is 18.0. The van der Waals surface area contributed by atoms with Gasteiger partial charge in [0.15, 0.2) is 0 Å². The first-order valence-corrected chi connectivity index (χ1v) is 10.0. The third-order valence-electron chi connectivity index (χ3n) is 4.68. The van der Waals surface area contributed by atoms with E-state index in [0.29, 0.717) is 29.0 Å². The van der Waals surface area contributed by atoms with Crippen LogP contribution in [0.1, 0.15) is 5.56 Å². The lowest BCUT2D eigenvalue weighted by Crippen LogP contribution is -2.20. The summed E-state index contributed by atoms with van der Waals surface area (Å²) in [6.45, 7) is 0. The number of carbonyl (C=O) groups excluding carboxylic acids is 1. The lowest BCUT2D eigenvalue weighted by molar-refractivity contribution is -0.139. The molecule has 0 aliphatic rings. The molecule has 0 aliphatic heterocycles. The number of nitrogen functional groups attached to an aromatic ring is 1. The van der Waals surface area contributed by atoms with Crippen LogP contribution in [0.4, 0.5) is 43.9 Å². The molecule has 0 spiro atoms. The number of nitrogens with zero attached hydrogens (tertiary/aromatic N) is 3. The molecule has 4 aromatic rings. The second-order valence-corrected chi connectivity index (χ2v) is 7.24. The zero-order valence-electron chi connectivity index (χ0n) is 18.0. The number of halogens is 5. The van der Waals surface area contributed by atoms with Crippen LogP contribution >= 0.6 is 0 Å². The number of hydrogen-bond donors (Lipinski definition) is 3. The fourth-order valence-electron chi connectivity index (χ4n) is 3.04. The summed E-state index contributed by atoms with van der Waals surface area (Å²) in [6, 6.07) is 8.82. The molecule has 4 rings (SSSR count). The fourth-order valence-corrected chi connectivity index (χ4v) is 3.04. The van der Waals surface area contributed by atoms with E-state index in [1.54, 1.807) is 24.3 Å². The molecule has 0 radical (unpaired) electrons. The summed E-state index contributed by atoms with van der Waals surface area (Å²) in [7, 11) is 0. The Hall–Kier alpha value is -4.81. The normalized spacial score (nSPS) is 11.1. The average molecular weight is 502 g/mol. The second kappa shape index (κ2) is 9.82. The smallest absolute Gasteiger partial charge is 0.419 e. The quantitative estimate of drug-likeness (QED) is 0.295. The van der Waals surface area contributed by atoms with Gasteiger partial charge in [-0.1, -0.05) is 12.1 Å². The summed E-state index contributed by atoms with van der Waals surface area (Å²) in [6.07, 6.45) is -1.48. The summed E-state index contributed by atoms with van der Waals surface area (Å²) in [4.78, 5) is 23.7. The highest BCUT2D eigenvalue weighted by Gasteiger charge is 2.34. The molecular weight excluding hydrogens is 487 g/mol. The number of urea groups is 1. The minimum atomic E-state index is -4.91. The van der Waals surface area contributed by atoms with Gasteiger partial charge in [-0.3, -0.25) is 0 Å². The molecule has 184 valence electrons. The van der Waals surface area contributed by atoms with Crippen LogP contribution in [-0.2, 0) is 6.18 Å². The Balaban J connectivity index is 1.37. The Bertz CT molecular complexity index is 1400. The number of amides is 2. The maximum Gasteiger partial charge on any atom is 0.419 e. The van der Waals surface area contributed by atoms with Crippen LogP contribution in [0.15, 0.2) is 67.1 Å². The first kappa shape index (κ1) is 24.3. The number of ether oxygens (including phenoxy) is 1. The van der Waals surface area contributed by atoms with Gasteiger partial charge in [0.2, 0.25) is 0 Å². The van der Waals surface area contributed by atoms with Gasteiger partial charge in [-0.05, 0) is 42.0 Å². The number of aromatic nitrogens is 3. The highest BCUT2D eigenvalue weighted by molar-refractivity contribution is 5.99. The predicted octanol–water partition coefficient (Wildman–Crippen LogP) is 5.85. The molecule has 2 heterocycles. The Morgan fingerprint density at radius 3 is 2.19 bits per heavy atom. The van der Waals surface area contributed by atoms with Gasteiger partial charge >= 0.3 is 18.2 Å². The highest BCUT2D eigenvalue weighted by atomic mass is 19.4. The van der Waals surface area contributed by atoms with Crippen molar-refractivity contribution in [2.24, 2.45) is 0 Å². The van der Waals surface area contributed by atoms with E-state index >= 15 is 0 Å². The van der Waals surface area contributed by atoms with Gasteiger partial charge in [-0.2, -0.15) is 13.2 Å². The number of pyridine rings is 1. The molecule has 0 unspecified atom stereocenters. The van der Waals surface area contributed by atoms with Crippen LogP contribution < -0.4 is 21.1 Å². The van der Waals surface area contributed by atoms with E-state index in [1.807, 2.05) is 0 Å². The van der Waals surface area contributed by atoms with Crippen LogP contribution in [0.25, 0.3) is 11.1 Å². The van der Waals surface area contributed by atoms with Crippen LogP contribution in [-0.4, -0.2) is 21.0 Å². The molecule has 0 saturated heterocycles. The molecule has 0 bridgehead atoms. The van der Waals surface area contributed by atoms with Gasteiger partial charge < -0.3 is 21.1 Å². The lowest BCUT2D eigenvalue weighted by atomic mass is 10.1. The monoisotopic (exact) mass is 502 g/mol. The number of carbonyl (C=O) groups is 1. The Kier molecular flexibility index (Phi) is 6.63. The molecule has 2 amide bonds. The van der Waals surface area contributed by atoms with Crippen molar-refractivity contribution in [1.82, 2.24) is 15.0 Å². The molecule has 0 saturated carbocycles. The fraction of sp³-hybridized carbons (Fsp3) is 0.0435. The number of anilines is 3. The van der Waals surface area contributed by atoms with Crippen molar-refractivity contribution >= 4 is 23.2 Å². The Labute approximate surface area is 200 Å². The van der Waals surface area contributed by atoms with Gasteiger partial charge in [0.1, 0.15) is 23.2 Å². The van der Waals surface area contributed by atoms with Gasteiger partial charge in [0.05, 0.1) is 29.8 Å². The summed E-state index contributed by atoms with van der Waals surface area (Å²) in [5.74, 6) is -1.46. The molecule has 0 atom stereocenters.